The number of nitrogens with zero attached hydrogens (tertiary/aromatic N) is 2. The van der Waals surface area contributed by atoms with E-state index in [9.17, 15) is 20.0 Å². The van der Waals surface area contributed by atoms with Gasteiger partial charge in [0.2, 0.25) is 5.75 Å². The number of phenolic OH excluding ortho intramolecular Hbond substituents is 1. The van der Waals surface area contributed by atoms with Gasteiger partial charge in [0.05, 0.1) is 10.5 Å². The number of aromatic hydroxyl groups is 1. The van der Waals surface area contributed by atoms with Crippen LogP contribution in [-0.2, 0) is 0 Å². The molecule has 1 rings (SSSR count). The molecular formula is C13H18N2O4. The van der Waals surface area contributed by atoms with Crippen molar-refractivity contribution in [3.63, 3.8) is 0 Å². The first-order valence-electron chi connectivity index (χ1n) is 6.28. The summed E-state index contributed by atoms with van der Waals surface area (Å²) in [5, 5.41) is 20.6. The molecule has 0 saturated carbocycles. The van der Waals surface area contributed by atoms with Crippen molar-refractivity contribution in [2.45, 2.75) is 26.7 Å². The Kier molecular flexibility index (Phi) is 5.29. The normalized spacial score (nSPS) is 10.2. The van der Waals surface area contributed by atoms with Crippen LogP contribution in [0.3, 0.4) is 0 Å². The lowest BCUT2D eigenvalue weighted by Gasteiger charge is -2.21. The highest BCUT2D eigenvalue weighted by molar-refractivity contribution is 5.98. The second-order valence-corrected chi connectivity index (χ2v) is 4.22. The quantitative estimate of drug-likeness (QED) is 0.633. The summed E-state index contributed by atoms with van der Waals surface area (Å²) in [5.74, 6) is -0.931. The zero-order valence-electron chi connectivity index (χ0n) is 11.1. The van der Waals surface area contributed by atoms with E-state index >= 15 is 0 Å². The number of benzene rings is 1. The summed E-state index contributed by atoms with van der Waals surface area (Å²) in [6.45, 7) is 5.02. The number of nitro benzene ring substituents is 1. The third kappa shape index (κ3) is 3.43. The monoisotopic (exact) mass is 266 g/mol. The van der Waals surface area contributed by atoms with Crippen molar-refractivity contribution >= 4 is 11.6 Å². The predicted octanol–water partition coefficient (Wildman–Crippen LogP) is 2.56. The van der Waals surface area contributed by atoms with Crippen LogP contribution < -0.4 is 0 Å². The van der Waals surface area contributed by atoms with E-state index in [0.29, 0.717) is 13.1 Å². The van der Waals surface area contributed by atoms with Crippen molar-refractivity contribution in [3.8, 4) is 5.75 Å². The molecule has 104 valence electrons. The molecule has 0 aliphatic carbocycles. The second-order valence-electron chi connectivity index (χ2n) is 4.22. The number of rotatable bonds is 6. The van der Waals surface area contributed by atoms with Gasteiger partial charge in [-0.15, -0.1) is 0 Å². The van der Waals surface area contributed by atoms with Crippen molar-refractivity contribution in [2.75, 3.05) is 13.1 Å². The molecule has 1 N–H and O–H groups in total. The van der Waals surface area contributed by atoms with Crippen molar-refractivity contribution in [2.24, 2.45) is 0 Å². The van der Waals surface area contributed by atoms with E-state index in [1.165, 1.54) is 18.2 Å². The largest absolute Gasteiger partial charge is 0.502 e. The molecule has 0 heterocycles. The Balaban J connectivity index is 3.10. The minimum atomic E-state index is -0.698. The van der Waals surface area contributed by atoms with Gasteiger partial charge in [0.15, 0.2) is 0 Å². The van der Waals surface area contributed by atoms with E-state index in [-0.39, 0.29) is 11.5 Å². The van der Waals surface area contributed by atoms with Gasteiger partial charge in [-0.25, -0.2) is 0 Å². The minimum absolute atomic E-state index is 0.0175. The first kappa shape index (κ1) is 14.9. The van der Waals surface area contributed by atoms with Crippen LogP contribution in [0.15, 0.2) is 18.2 Å². The van der Waals surface area contributed by atoms with Crippen LogP contribution >= 0.6 is 0 Å². The maximum atomic E-state index is 12.3. The van der Waals surface area contributed by atoms with Crippen LogP contribution in [0.1, 0.15) is 37.0 Å². The zero-order chi connectivity index (χ0) is 14.4. The molecule has 0 aromatic heterocycles. The molecule has 0 aliphatic heterocycles. The van der Waals surface area contributed by atoms with Gasteiger partial charge in [-0.05, 0) is 18.9 Å². The average Bonchev–Trinajstić information content (AvgIpc) is 2.37. The summed E-state index contributed by atoms with van der Waals surface area (Å²) in [7, 11) is 0. The molecule has 19 heavy (non-hydrogen) atoms. The van der Waals surface area contributed by atoms with Gasteiger partial charge < -0.3 is 10.0 Å². The maximum absolute atomic E-state index is 12.3. The fourth-order valence-corrected chi connectivity index (χ4v) is 1.88. The number of nitro groups is 1. The molecule has 1 amide bonds. The molecule has 0 unspecified atom stereocenters. The van der Waals surface area contributed by atoms with Crippen molar-refractivity contribution in [1.29, 1.82) is 0 Å². The Labute approximate surface area is 111 Å². The Morgan fingerprint density at radius 1 is 1.32 bits per heavy atom. The van der Waals surface area contributed by atoms with Crippen LogP contribution in [0, 0.1) is 10.1 Å². The summed E-state index contributed by atoms with van der Waals surface area (Å²) < 4.78 is 0. The number of hydrogen-bond donors (Lipinski definition) is 1. The lowest BCUT2D eigenvalue weighted by Crippen LogP contribution is -2.32. The highest BCUT2D eigenvalue weighted by Gasteiger charge is 2.23. The Morgan fingerprint density at radius 3 is 2.37 bits per heavy atom. The number of phenols is 1. The predicted molar refractivity (Wildman–Crippen MR) is 71.2 cm³/mol. The molecule has 0 aliphatic rings. The van der Waals surface area contributed by atoms with Crippen LogP contribution in [0.4, 0.5) is 5.69 Å². The van der Waals surface area contributed by atoms with Gasteiger partial charge in [0.25, 0.3) is 5.91 Å². The summed E-state index contributed by atoms with van der Waals surface area (Å²) >= 11 is 0. The van der Waals surface area contributed by atoms with E-state index in [2.05, 4.69) is 0 Å². The van der Waals surface area contributed by atoms with E-state index in [1.807, 2.05) is 13.8 Å². The topological polar surface area (TPSA) is 83.7 Å². The summed E-state index contributed by atoms with van der Waals surface area (Å²) in [6.07, 6.45) is 1.59. The summed E-state index contributed by atoms with van der Waals surface area (Å²) in [4.78, 5) is 23.9. The Hall–Kier alpha value is -2.11. The molecule has 0 atom stereocenters. The Bertz CT molecular complexity index is 468. The molecule has 1 aromatic carbocycles. The summed E-state index contributed by atoms with van der Waals surface area (Å²) in [6, 6.07) is 3.99. The lowest BCUT2D eigenvalue weighted by atomic mass is 10.1. The van der Waals surface area contributed by atoms with Gasteiger partial charge in [-0.1, -0.05) is 19.9 Å². The molecule has 6 heteroatoms. The van der Waals surface area contributed by atoms with E-state index in [1.54, 1.807) is 4.90 Å². The first-order chi connectivity index (χ1) is 9.02. The Morgan fingerprint density at radius 2 is 1.89 bits per heavy atom. The van der Waals surface area contributed by atoms with Crippen LogP contribution in [-0.4, -0.2) is 33.9 Å². The van der Waals surface area contributed by atoms with Crippen molar-refractivity contribution in [3.05, 3.63) is 33.9 Å². The second kappa shape index (κ2) is 6.72. The van der Waals surface area contributed by atoms with Gasteiger partial charge in [0, 0.05) is 19.2 Å². The molecule has 1 aromatic rings. The highest BCUT2D eigenvalue weighted by Crippen LogP contribution is 2.30. The van der Waals surface area contributed by atoms with Gasteiger partial charge >= 0.3 is 5.69 Å². The number of para-hydroxylation sites is 1. The average molecular weight is 266 g/mol. The van der Waals surface area contributed by atoms with Gasteiger partial charge in [-0.3, -0.25) is 14.9 Å². The van der Waals surface area contributed by atoms with Crippen LogP contribution in [0.2, 0.25) is 0 Å². The van der Waals surface area contributed by atoms with Crippen LogP contribution in [0.25, 0.3) is 0 Å². The number of amides is 1. The highest BCUT2D eigenvalue weighted by atomic mass is 16.6. The van der Waals surface area contributed by atoms with E-state index < -0.39 is 16.4 Å². The molecule has 0 fully saturated rings. The third-order valence-corrected chi connectivity index (χ3v) is 2.72. The number of carbonyl (C=O) groups is 1. The standard InChI is InChI=1S/C13H18N2O4/c1-3-8-14(9-4-2)13(17)10-6-5-7-11(12(10)16)15(18)19/h5-7,16H,3-4,8-9H2,1-2H3. The van der Waals surface area contributed by atoms with E-state index in [4.69, 9.17) is 0 Å². The fraction of sp³-hybridized carbons (Fsp3) is 0.462. The van der Waals surface area contributed by atoms with Crippen molar-refractivity contribution in [1.82, 2.24) is 4.90 Å². The minimum Gasteiger partial charge on any atom is -0.502 e. The summed E-state index contributed by atoms with van der Waals surface area (Å²) in [5.41, 5.74) is -0.463. The van der Waals surface area contributed by atoms with Gasteiger partial charge in [0.1, 0.15) is 0 Å². The van der Waals surface area contributed by atoms with Crippen LogP contribution in [0.5, 0.6) is 5.75 Å². The molecular weight excluding hydrogens is 248 g/mol. The smallest absolute Gasteiger partial charge is 0.311 e. The number of hydrogen-bond acceptors (Lipinski definition) is 4. The lowest BCUT2D eigenvalue weighted by molar-refractivity contribution is -0.385. The SMILES string of the molecule is CCCN(CCC)C(=O)c1cccc([N+](=O)[O-])c1O. The molecule has 0 saturated heterocycles. The number of carbonyl (C=O) groups excluding carboxylic acids is 1. The molecule has 0 radical (unpaired) electrons. The van der Waals surface area contributed by atoms with Gasteiger partial charge in [-0.2, -0.15) is 0 Å². The zero-order valence-corrected chi connectivity index (χ0v) is 11.1. The van der Waals surface area contributed by atoms with E-state index in [0.717, 1.165) is 12.8 Å². The maximum Gasteiger partial charge on any atom is 0.311 e. The molecule has 6 nitrogen and oxygen atoms in total. The van der Waals surface area contributed by atoms with Crippen molar-refractivity contribution < 1.29 is 14.8 Å². The fourth-order valence-electron chi connectivity index (χ4n) is 1.88. The molecule has 0 bridgehead atoms. The third-order valence-electron chi connectivity index (χ3n) is 2.72. The molecule has 0 spiro atoms. The first-order valence-corrected chi connectivity index (χ1v) is 6.28.